The van der Waals surface area contributed by atoms with Crippen molar-refractivity contribution in [2.45, 2.75) is 43.5 Å². The Morgan fingerprint density at radius 3 is 2.92 bits per heavy atom. The van der Waals surface area contributed by atoms with Crippen molar-refractivity contribution < 1.29 is 9.53 Å². The maximum Gasteiger partial charge on any atom is 0.228 e. The van der Waals surface area contributed by atoms with Crippen LogP contribution in [0.25, 0.3) is 0 Å². The maximum atomic E-state index is 11.4. The summed E-state index contributed by atoms with van der Waals surface area (Å²) in [5.41, 5.74) is -0.405. The van der Waals surface area contributed by atoms with E-state index in [0.29, 0.717) is 17.0 Å². The number of rotatable bonds is 0. The van der Waals surface area contributed by atoms with Gasteiger partial charge in [0.25, 0.3) is 0 Å². The Morgan fingerprint density at radius 2 is 2.31 bits per heavy atom. The van der Waals surface area contributed by atoms with Crippen LogP contribution in [-0.2, 0) is 9.53 Å². The lowest BCUT2D eigenvalue weighted by Crippen LogP contribution is -2.60. The highest BCUT2D eigenvalue weighted by molar-refractivity contribution is 8.00. The maximum absolute atomic E-state index is 11.4. The third kappa shape index (κ3) is 1.46. The summed E-state index contributed by atoms with van der Waals surface area (Å²) in [7, 11) is 0. The van der Waals surface area contributed by atoms with Gasteiger partial charge in [-0.25, -0.2) is 0 Å². The lowest BCUT2D eigenvalue weighted by Gasteiger charge is -2.47. The van der Waals surface area contributed by atoms with E-state index < -0.39 is 5.72 Å². The molecule has 13 heavy (non-hydrogen) atoms. The fraction of sp³-hybridized carbons (Fsp3) is 0.889. The van der Waals surface area contributed by atoms with E-state index >= 15 is 0 Å². The Balaban J connectivity index is 2.18. The van der Waals surface area contributed by atoms with Crippen molar-refractivity contribution in [3.05, 3.63) is 0 Å². The standard InChI is InChI=1S/C9H15NO2S/c1-6-5-12-9(2,3)10-7(11)4-8(10)13-6/h6,8H,4-5H2,1-3H3/t6-,8-/m1/s1. The first-order valence-corrected chi connectivity index (χ1v) is 5.56. The molecule has 0 spiro atoms. The molecule has 3 nitrogen and oxygen atoms in total. The number of carbonyl (C=O) groups is 1. The summed E-state index contributed by atoms with van der Waals surface area (Å²) in [4.78, 5) is 13.2. The molecule has 2 rings (SSSR count). The third-order valence-corrected chi connectivity index (χ3v) is 3.84. The Kier molecular flexibility index (Phi) is 2.07. The molecule has 0 aromatic carbocycles. The quantitative estimate of drug-likeness (QED) is 0.555. The lowest BCUT2D eigenvalue weighted by molar-refractivity contribution is -0.182. The second-order valence-electron chi connectivity index (χ2n) is 4.13. The molecule has 74 valence electrons. The van der Waals surface area contributed by atoms with Gasteiger partial charge in [-0.1, -0.05) is 6.92 Å². The van der Waals surface area contributed by atoms with Gasteiger partial charge in [-0.2, -0.15) is 0 Å². The van der Waals surface area contributed by atoms with Gasteiger partial charge in [0.15, 0.2) is 0 Å². The monoisotopic (exact) mass is 201 g/mol. The number of nitrogens with zero attached hydrogens (tertiary/aromatic N) is 1. The molecule has 0 aliphatic carbocycles. The molecule has 1 amide bonds. The number of fused-ring (bicyclic) bond motifs is 1. The van der Waals surface area contributed by atoms with Crippen LogP contribution in [0, 0.1) is 0 Å². The minimum absolute atomic E-state index is 0.219. The first-order valence-electron chi connectivity index (χ1n) is 4.62. The van der Waals surface area contributed by atoms with Crippen molar-refractivity contribution in [1.29, 1.82) is 0 Å². The van der Waals surface area contributed by atoms with E-state index in [1.165, 1.54) is 0 Å². The fourth-order valence-electron chi connectivity index (χ4n) is 1.84. The van der Waals surface area contributed by atoms with Gasteiger partial charge in [-0.05, 0) is 13.8 Å². The van der Waals surface area contributed by atoms with Crippen LogP contribution in [0.4, 0.5) is 0 Å². The second-order valence-corrected chi connectivity index (χ2v) is 5.75. The van der Waals surface area contributed by atoms with Gasteiger partial charge in [0.2, 0.25) is 5.91 Å². The van der Waals surface area contributed by atoms with Gasteiger partial charge in [0.1, 0.15) is 5.72 Å². The van der Waals surface area contributed by atoms with Crippen LogP contribution < -0.4 is 0 Å². The fourth-order valence-corrected chi connectivity index (χ4v) is 3.26. The average Bonchev–Trinajstić information content (AvgIpc) is 2.05. The normalized spacial score (nSPS) is 37.8. The first kappa shape index (κ1) is 9.34. The zero-order chi connectivity index (χ0) is 9.64. The molecule has 2 atom stereocenters. The summed E-state index contributed by atoms with van der Waals surface area (Å²) in [5, 5.41) is 0.836. The number of thioether (sulfide) groups is 1. The number of carbonyl (C=O) groups excluding carboxylic acids is 1. The van der Waals surface area contributed by atoms with E-state index in [4.69, 9.17) is 4.74 Å². The van der Waals surface area contributed by atoms with Gasteiger partial charge in [-0.15, -0.1) is 11.8 Å². The van der Waals surface area contributed by atoms with Crippen LogP contribution >= 0.6 is 11.8 Å². The molecule has 0 radical (unpaired) electrons. The van der Waals surface area contributed by atoms with E-state index in [0.717, 1.165) is 6.61 Å². The van der Waals surface area contributed by atoms with Gasteiger partial charge < -0.3 is 9.64 Å². The summed E-state index contributed by atoms with van der Waals surface area (Å²) >= 11 is 1.84. The molecule has 0 bridgehead atoms. The molecular formula is C9H15NO2S. The predicted octanol–water partition coefficient (Wildman–Crippen LogP) is 1.43. The summed E-state index contributed by atoms with van der Waals surface area (Å²) in [6.45, 7) is 6.82. The predicted molar refractivity (Wildman–Crippen MR) is 52.3 cm³/mol. The average molecular weight is 201 g/mol. The molecule has 0 saturated carbocycles. The summed E-state index contributed by atoms with van der Waals surface area (Å²) in [5.74, 6) is 0.219. The van der Waals surface area contributed by atoms with Crippen molar-refractivity contribution in [2.24, 2.45) is 0 Å². The van der Waals surface area contributed by atoms with Gasteiger partial charge >= 0.3 is 0 Å². The molecule has 2 aliphatic heterocycles. The molecule has 2 aliphatic rings. The Labute approximate surface area is 82.8 Å². The largest absolute Gasteiger partial charge is 0.355 e. The highest BCUT2D eigenvalue weighted by atomic mass is 32.2. The van der Waals surface area contributed by atoms with Crippen LogP contribution in [-0.4, -0.2) is 33.8 Å². The van der Waals surface area contributed by atoms with Crippen LogP contribution in [0.3, 0.4) is 0 Å². The minimum atomic E-state index is -0.405. The van der Waals surface area contributed by atoms with Gasteiger partial charge in [-0.3, -0.25) is 4.79 Å². The van der Waals surface area contributed by atoms with Crippen LogP contribution in [0.2, 0.25) is 0 Å². The van der Waals surface area contributed by atoms with E-state index in [9.17, 15) is 4.79 Å². The third-order valence-electron chi connectivity index (χ3n) is 2.55. The highest BCUT2D eigenvalue weighted by Gasteiger charge is 2.48. The number of hydrogen-bond acceptors (Lipinski definition) is 3. The van der Waals surface area contributed by atoms with Gasteiger partial charge in [0.05, 0.1) is 18.4 Å². The molecular weight excluding hydrogens is 186 g/mol. The number of β-lactam (4-membered cyclic amide) rings is 1. The molecule has 2 saturated heterocycles. The molecule has 0 aromatic heterocycles. The minimum Gasteiger partial charge on any atom is -0.355 e. The molecule has 0 N–H and O–H groups in total. The number of hydrogen-bond donors (Lipinski definition) is 0. The first-order chi connectivity index (χ1) is 6.00. The lowest BCUT2D eigenvalue weighted by atomic mass is 10.1. The molecule has 0 aromatic rings. The summed E-state index contributed by atoms with van der Waals surface area (Å²) < 4.78 is 5.69. The zero-order valence-corrected chi connectivity index (χ0v) is 9.06. The highest BCUT2D eigenvalue weighted by Crippen LogP contribution is 2.41. The van der Waals surface area contributed by atoms with Crippen molar-refractivity contribution >= 4 is 17.7 Å². The smallest absolute Gasteiger partial charge is 0.228 e. The number of ether oxygens (including phenoxy) is 1. The van der Waals surface area contributed by atoms with Crippen LogP contribution in [0.5, 0.6) is 0 Å². The van der Waals surface area contributed by atoms with E-state index in [1.807, 2.05) is 30.5 Å². The second kappa shape index (κ2) is 2.89. The van der Waals surface area contributed by atoms with E-state index in [-0.39, 0.29) is 5.91 Å². The summed E-state index contributed by atoms with van der Waals surface area (Å²) in [6.07, 6.45) is 0.682. The Hall–Kier alpha value is -0.220. The van der Waals surface area contributed by atoms with Crippen molar-refractivity contribution in [3.8, 4) is 0 Å². The SMILES string of the molecule is C[C@@H]1COC(C)(C)N2C(=O)C[C@H]2S1. The molecule has 0 unspecified atom stereocenters. The zero-order valence-electron chi connectivity index (χ0n) is 8.24. The summed E-state index contributed by atoms with van der Waals surface area (Å²) in [6, 6.07) is 0. The van der Waals surface area contributed by atoms with Crippen molar-refractivity contribution in [1.82, 2.24) is 4.90 Å². The van der Waals surface area contributed by atoms with Crippen LogP contribution in [0.15, 0.2) is 0 Å². The Bertz CT molecular complexity index is 242. The van der Waals surface area contributed by atoms with E-state index in [1.54, 1.807) is 0 Å². The molecule has 2 heterocycles. The Morgan fingerprint density at radius 1 is 1.62 bits per heavy atom. The topological polar surface area (TPSA) is 29.5 Å². The molecule has 4 heteroatoms. The number of amides is 1. The van der Waals surface area contributed by atoms with Gasteiger partial charge in [0, 0.05) is 5.25 Å². The molecule has 2 fully saturated rings. The van der Waals surface area contributed by atoms with Crippen molar-refractivity contribution in [3.63, 3.8) is 0 Å². The van der Waals surface area contributed by atoms with E-state index in [2.05, 4.69) is 6.92 Å². The van der Waals surface area contributed by atoms with Crippen molar-refractivity contribution in [2.75, 3.05) is 6.61 Å². The van der Waals surface area contributed by atoms with Crippen LogP contribution in [0.1, 0.15) is 27.2 Å².